The van der Waals surface area contributed by atoms with Gasteiger partial charge in [0.25, 0.3) is 0 Å². The molecule has 0 aliphatic carbocycles. The fraction of sp³-hybridized carbons (Fsp3) is 0.625. The van der Waals surface area contributed by atoms with E-state index in [4.69, 9.17) is 4.74 Å². The first kappa shape index (κ1) is 16.0. The van der Waals surface area contributed by atoms with Crippen molar-refractivity contribution < 1.29 is 9.84 Å². The maximum Gasteiger partial charge on any atom is 0.119 e. The zero-order valence-corrected chi connectivity index (χ0v) is 12.6. The van der Waals surface area contributed by atoms with E-state index in [1.54, 1.807) is 6.92 Å². The summed E-state index contributed by atoms with van der Waals surface area (Å²) in [7, 11) is 1.99. The van der Waals surface area contributed by atoms with Crippen LogP contribution in [0.3, 0.4) is 0 Å². The van der Waals surface area contributed by atoms with Crippen LogP contribution in [0.4, 0.5) is 0 Å². The Balaban J connectivity index is 2.43. The van der Waals surface area contributed by atoms with E-state index in [1.165, 1.54) is 5.56 Å². The molecule has 0 radical (unpaired) electrons. The molecule has 0 heterocycles. The molecule has 0 aliphatic heterocycles. The first-order chi connectivity index (χ1) is 8.96. The van der Waals surface area contributed by atoms with Gasteiger partial charge in [-0.2, -0.15) is 0 Å². The van der Waals surface area contributed by atoms with Crippen LogP contribution in [0.15, 0.2) is 24.3 Å². The zero-order chi connectivity index (χ0) is 14.3. The second-order valence-electron chi connectivity index (χ2n) is 5.51. The molecule has 0 aliphatic rings. The lowest BCUT2D eigenvalue weighted by Crippen LogP contribution is -2.31. The van der Waals surface area contributed by atoms with Gasteiger partial charge >= 0.3 is 0 Å². The SMILES string of the molecule is CCC(C)(O)COc1ccc(CCC(C)NC)cc1. The molecule has 0 bridgehead atoms. The van der Waals surface area contributed by atoms with E-state index in [9.17, 15) is 5.11 Å². The Morgan fingerprint density at radius 2 is 1.95 bits per heavy atom. The standard InChI is InChI=1S/C16H27NO2/c1-5-16(3,18)12-19-15-10-8-14(9-11-15)7-6-13(2)17-4/h8-11,13,17-18H,5-7,12H2,1-4H3. The number of hydrogen-bond donors (Lipinski definition) is 2. The summed E-state index contributed by atoms with van der Waals surface area (Å²) in [6, 6.07) is 8.68. The molecule has 2 atom stereocenters. The lowest BCUT2D eigenvalue weighted by Gasteiger charge is -2.21. The van der Waals surface area contributed by atoms with Gasteiger partial charge in [0.15, 0.2) is 0 Å². The molecule has 0 amide bonds. The average molecular weight is 265 g/mol. The van der Waals surface area contributed by atoms with Crippen LogP contribution in [0.1, 0.15) is 39.2 Å². The van der Waals surface area contributed by atoms with Gasteiger partial charge in [-0.25, -0.2) is 0 Å². The van der Waals surface area contributed by atoms with Crippen molar-refractivity contribution in [3.63, 3.8) is 0 Å². The van der Waals surface area contributed by atoms with E-state index in [1.807, 2.05) is 26.1 Å². The van der Waals surface area contributed by atoms with Crippen LogP contribution in [0.5, 0.6) is 5.75 Å². The van der Waals surface area contributed by atoms with E-state index in [0.717, 1.165) is 18.6 Å². The molecule has 19 heavy (non-hydrogen) atoms. The fourth-order valence-corrected chi connectivity index (χ4v) is 1.62. The van der Waals surface area contributed by atoms with Gasteiger partial charge in [0.1, 0.15) is 12.4 Å². The second kappa shape index (κ2) is 7.51. The monoisotopic (exact) mass is 265 g/mol. The number of hydrogen-bond acceptors (Lipinski definition) is 3. The number of aliphatic hydroxyl groups is 1. The topological polar surface area (TPSA) is 41.5 Å². The normalized spacial score (nSPS) is 15.8. The highest BCUT2D eigenvalue weighted by Gasteiger charge is 2.18. The summed E-state index contributed by atoms with van der Waals surface area (Å²) in [5.74, 6) is 0.819. The third-order valence-electron chi connectivity index (χ3n) is 3.59. The van der Waals surface area contributed by atoms with Crippen LogP contribution in [0.25, 0.3) is 0 Å². The molecular weight excluding hydrogens is 238 g/mol. The Morgan fingerprint density at radius 1 is 1.32 bits per heavy atom. The van der Waals surface area contributed by atoms with Crippen molar-refractivity contribution in [1.82, 2.24) is 5.32 Å². The number of aryl methyl sites for hydroxylation is 1. The van der Waals surface area contributed by atoms with Gasteiger partial charge in [-0.1, -0.05) is 19.1 Å². The largest absolute Gasteiger partial charge is 0.491 e. The first-order valence-corrected chi connectivity index (χ1v) is 7.08. The lowest BCUT2D eigenvalue weighted by molar-refractivity contribution is 0.00846. The summed E-state index contributed by atoms with van der Waals surface area (Å²) in [5.41, 5.74) is 0.567. The minimum Gasteiger partial charge on any atom is -0.491 e. The van der Waals surface area contributed by atoms with Crippen LogP contribution in [0, 0.1) is 0 Å². The van der Waals surface area contributed by atoms with Crippen LogP contribution in [-0.2, 0) is 6.42 Å². The molecule has 2 unspecified atom stereocenters. The molecule has 1 rings (SSSR count). The number of rotatable bonds is 8. The molecule has 1 aromatic carbocycles. The van der Waals surface area contributed by atoms with Gasteiger partial charge < -0.3 is 15.2 Å². The van der Waals surface area contributed by atoms with Crippen LogP contribution < -0.4 is 10.1 Å². The van der Waals surface area contributed by atoms with E-state index < -0.39 is 5.60 Å². The van der Waals surface area contributed by atoms with Crippen LogP contribution >= 0.6 is 0 Å². The van der Waals surface area contributed by atoms with Gasteiger partial charge in [0, 0.05) is 6.04 Å². The van der Waals surface area contributed by atoms with Gasteiger partial charge in [-0.05, 0) is 57.9 Å². The predicted octanol–water partition coefficient (Wildman–Crippen LogP) is 2.77. The molecule has 1 aromatic rings. The highest BCUT2D eigenvalue weighted by Crippen LogP contribution is 2.17. The summed E-state index contributed by atoms with van der Waals surface area (Å²) in [4.78, 5) is 0. The van der Waals surface area contributed by atoms with E-state index in [-0.39, 0.29) is 0 Å². The Bertz CT molecular complexity index is 360. The van der Waals surface area contributed by atoms with Gasteiger partial charge in [-0.15, -0.1) is 0 Å². The highest BCUT2D eigenvalue weighted by molar-refractivity contribution is 5.27. The average Bonchev–Trinajstić information content (AvgIpc) is 2.43. The summed E-state index contributed by atoms with van der Waals surface area (Å²) in [5, 5.41) is 13.1. The molecule has 0 saturated heterocycles. The minimum absolute atomic E-state index is 0.333. The second-order valence-corrected chi connectivity index (χ2v) is 5.51. The van der Waals surface area contributed by atoms with E-state index >= 15 is 0 Å². The highest BCUT2D eigenvalue weighted by atomic mass is 16.5. The summed E-state index contributed by atoms with van der Waals surface area (Å²) >= 11 is 0. The first-order valence-electron chi connectivity index (χ1n) is 7.08. The molecule has 0 fully saturated rings. The van der Waals surface area contributed by atoms with Crippen molar-refractivity contribution in [2.45, 2.75) is 51.7 Å². The minimum atomic E-state index is -0.749. The van der Waals surface area contributed by atoms with E-state index in [2.05, 4.69) is 24.4 Å². The van der Waals surface area contributed by atoms with Crippen molar-refractivity contribution in [2.75, 3.05) is 13.7 Å². The Labute approximate surface area is 117 Å². The predicted molar refractivity (Wildman–Crippen MR) is 79.7 cm³/mol. The van der Waals surface area contributed by atoms with Gasteiger partial charge in [-0.3, -0.25) is 0 Å². The quantitative estimate of drug-likeness (QED) is 0.759. The molecular formula is C16H27NO2. The number of benzene rings is 1. The number of ether oxygens (including phenoxy) is 1. The Hall–Kier alpha value is -1.06. The molecule has 0 spiro atoms. The van der Waals surface area contributed by atoms with Gasteiger partial charge in [0.2, 0.25) is 0 Å². The summed E-state index contributed by atoms with van der Waals surface area (Å²) < 4.78 is 5.60. The van der Waals surface area contributed by atoms with Crippen LogP contribution in [-0.4, -0.2) is 30.4 Å². The third kappa shape index (κ3) is 6.08. The third-order valence-corrected chi connectivity index (χ3v) is 3.59. The Morgan fingerprint density at radius 3 is 2.47 bits per heavy atom. The van der Waals surface area contributed by atoms with Gasteiger partial charge in [0.05, 0.1) is 5.60 Å². The van der Waals surface area contributed by atoms with Crippen molar-refractivity contribution in [3.05, 3.63) is 29.8 Å². The number of nitrogens with one attached hydrogen (secondary N) is 1. The maximum atomic E-state index is 9.88. The molecule has 3 nitrogen and oxygen atoms in total. The van der Waals surface area contributed by atoms with Crippen molar-refractivity contribution in [1.29, 1.82) is 0 Å². The zero-order valence-electron chi connectivity index (χ0n) is 12.6. The maximum absolute atomic E-state index is 9.88. The Kier molecular flexibility index (Phi) is 6.32. The fourth-order valence-electron chi connectivity index (χ4n) is 1.62. The molecule has 2 N–H and O–H groups in total. The molecule has 0 saturated carbocycles. The van der Waals surface area contributed by atoms with Crippen molar-refractivity contribution in [2.24, 2.45) is 0 Å². The molecule has 0 aromatic heterocycles. The van der Waals surface area contributed by atoms with Crippen LogP contribution in [0.2, 0.25) is 0 Å². The lowest BCUT2D eigenvalue weighted by atomic mass is 10.1. The smallest absolute Gasteiger partial charge is 0.119 e. The molecule has 3 heteroatoms. The van der Waals surface area contributed by atoms with E-state index in [0.29, 0.717) is 19.1 Å². The summed E-state index contributed by atoms with van der Waals surface area (Å²) in [6.45, 7) is 6.26. The molecule has 108 valence electrons. The summed E-state index contributed by atoms with van der Waals surface area (Å²) in [6.07, 6.45) is 2.88. The van der Waals surface area contributed by atoms with Crippen molar-refractivity contribution >= 4 is 0 Å². The van der Waals surface area contributed by atoms with Crippen molar-refractivity contribution in [3.8, 4) is 5.75 Å².